The van der Waals surface area contributed by atoms with Crippen LogP contribution in [0.3, 0.4) is 0 Å². The van der Waals surface area contributed by atoms with E-state index in [2.05, 4.69) is 147 Å². The predicted molar refractivity (Wildman–Crippen MR) is 350 cm³/mol. The summed E-state index contributed by atoms with van der Waals surface area (Å²) >= 11 is 0. The van der Waals surface area contributed by atoms with E-state index in [9.17, 15) is 0 Å². The van der Waals surface area contributed by atoms with E-state index >= 15 is 0 Å². The van der Waals surface area contributed by atoms with Crippen molar-refractivity contribution in [3.05, 3.63) is 138 Å². The first-order valence-corrected chi connectivity index (χ1v) is 32.2. The number of rotatable bonds is 19. The fourth-order valence-electron chi connectivity index (χ4n) is 14.9. The average molecular weight is 1220 g/mol. The standard InChI is InChI=1S/C74H90N8.2Zn/c1-17-41-45(21-5)63-37-67-49(25-9)53(29-13)71(79-67)57(72-54(30-14)50(26-10)68(80-72)38-64-46(22-6)42(18-2)60(76-64)35-59(41)75-63)33-34-58-73-55(31-15)51(27-11)69(81-73)39-65-47(23-7)43(19-3)61(77-65)36-62-44(20-4)48(24-8)66(78-62)40-70-52(28-12)56(32-16)74(58)82-70;;/h35-40H,17-34H2,1-16H3;;/q-4;2*+2. The SMILES string of the molecule is CCC1=C(CC)c2cc3[n-]c(c(CC)c3CC)c(CCc3c4[n-]c(cc5nc(cc6nc(cc7[n-]c3c(CC)c7CC)C(CC)=C6CC)C(CC)=C5CC)c(CC)c4CC)c3[n-]c(cc4nc(cc1n2)C(CC)=C4CC)c(CC)c3CC.[Zn+2].[Zn+2]. The first-order chi connectivity index (χ1) is 39.9. The summed E-state index contributed by atoms with van der Waals surface area (Å²) < 4.78 is 0. The van der Waals surface area contributed by atoms with Crippen molar-refractivity contribution in [1.82, 2.24) is 39.9 Å². The third-order valence-corrected chi connectivity index (χ3v) is 18.7. The molecule has 16 bridgehead atoms. The van der Waals surface area contributed by atoms with E-state index in [1.165, 1.54) is 100 Å². The maximum atomic E-state index is 5.90. The summed E-state index contributed by atoms with van der Waals surface area (Å²) in [6.45, 7) is 36.7. The number of nitrogens with zero attached hydrogens (tertiary/aromatic N) is 8. The molecule has 4 aliphatic rings. The predicted octanol–water partition coefficient (Wildman–Crippen LogP) is 18.7. The minimum absolute atomic E-state index is 0. The molecule has 0 N–H and O–H groups in total. The quantitative estimate of drug-likeness (QED) is 0.0738. The Balaban J connectivity index is 0.00000460. The van der Waals surface area contributed by atoms with Crippen molar-refractivity contribution < 1.29 is 39.0 Å². The summed E-state index contributed by atoms with van der Waals surface area (Å²) in [5, 5.41) is 0. The normalized spacial score (nSPS) is 13.5. The van der Waals surface area contributed by atoms with Crippen molar-refractivity contribution in [1.29, 1.82) is 0 Å². The molecule has 0 radical (unpaired) electrons. The van der Waals surface area contributed by atoms with Crippen LogP contribution in [0.1, 0.15) is 263 Å². The Kier molecular flexibility index (Phi) is 21.0. The van der Waals surface area contributed by atoms with Gasteiger partial charge < -0.3 is 19.9 Å². The first kappa shape index (κ1) is 64.4. The van der Waals surface area contributed by atoms with Gasteiger partial charge in [0.25, 0.3) is 0 Å². The molecule has 84 heavy (non-hydrogen) atoms. The second-order valence-electron chi connectivity index (χ2n) is 22.5. The molecule has 0 amide bonds. The average Bonchev–Trinajstić information content (AvgIpc) is 3.46. The molecule has 10 rings (SSSR count). The zero-order valence-electron chi connectivity index (χ0n) is 54.2. The van der Waals surface area contributed by atoms with Crippen LogP contribution in [0.15, 0.2) is 36.4 Å². The molecule has 4 aliphatic heterocycles. The van der Waals surface area contributed by atoms with Gasteiger partial charge in [0.2, 0.25) is 0 Å². The number of fused-ring (bicyclic) bond motifs is 16. The molecule has 10 heteroatoms. The van der Waals surface area contributed by atoms with Gasteiger partial charge in [0.1, 0.15) is 0 Å². The van der Waals surface area contributed by atoms with E-state index in [4.69, 9.17) is 39.9 Å². The van der Waals surface area contributed by atoms with Crippen LogP contribution in [-0.2, 0) is 103 Å². The van der Waals surface area contributed by atoms with Crippen LogP contribution >= 0.6 is 0 Å². The maximum absolute atomic E-state index is 5.90. The molecule has 8 nitrogen and oxygen atoms in total. The molecular weight excluding hydrogens is 1130 g/mol. The minimum Gasteiger partial charge on any atom is -0.657 e. The fraction of sp³-hybridized carbons (Fsp3) is 0.459. The molecular formula is C74H90N8Zn2. The van der Waals surface area contributed by atoms with Crippen LogP contribution in [-0.4, -0.2) is 19.9 Å². The minimum atomic E-state index is 0. The third-order valence-electron chi connectivity index (χ3n) is 18.7. The number of hydrogen-bond acceptors (Lipinski definition) is 4. The van der Waals surface area contributed by atoms with Gasteiger partial charge >= 0.3 is 39.0 Å². The van der Waals surface area contributed by atoms with Crippen molar-refractivity contribution in [2.24, 2.45) is 0 Å². The Morgan fingerprint density at radius 3 is 0.536 bits per heavy atom. The van der Waals surface area contributed by atoms with Crippen LogP contribution in [0, 0.1) is 0 Å². The molecule has 0 fully saturated rings. The summed E-state index contributed by atoms with van der Waals surface area (Å²) in [7, 11) is 0. The van der Waals surface area contributed by atoms with Crippen molar-refractivity contribution in [2.75, 3.05) is 0 Å². The Bertz CT molecular complexity index is 3500. The molecule has 0 unspecified atom stereocenters. The van der Waals surface area contributed by atoms with Gasteiger partial charge in [-0.3, -0.25) is 0 Å². The Morgan fingerprint density at radius 1 is 0.214 bits per heavy atom. The van der Waals surface area contributed by atoms with Crippen LogP contribution in [0.4, 0.5) is 0 Å². The van der Waals surface area contributed by atoms with Crippen LogP contribution < -0.4 is 19.9 Å². The summed E-state index contributed by atoms with van der Waals surface area (Å²) in [5.41, 5.74) is 40.0. The second-order valence-corrected chi connectivity index (χ2v) is 22.5. The molecule has 0 atom stereocenters. The number of aryl methyl sites for hydroxylation is 10. The van der Waals surface area contributed by atoms with E-state index in [0.29, 0.717) is 12.8 Å². The molecule has 6 aromatic rings. The summed E-state index contributed by atoms with van der Waals surface area (Å²) in [6.07, 6.45) is 15.5. The van der Waals surface area contributed by atoms with Gasteiger partial charge in [-0.1, -0.05) is 191 Å². The Hall–Kier alpha value is -5.55. The summed E-state index contributed by atoms with van der Waals surface area (Å²) in [4.78, 5) is 45.7. The van der Waals surface area contributed by atoms with E-state index < -0.39 is 0 Å². The van der Waals surface area contributed by atoms with Crippen molar-refractivity contribution in [2.45, 2.75) is 226 Å². The van der Waals surface area contributed by atoms with Gasteiger partial charge in [-0.05, 0) is 172 Å². The van der Waals surface area contributed by atoms with Gasteiger partial charge in [0.05, 0.1) is 45.6 Å². The van der Waals surface area contributed by atoms with Crippen molar-refractivity contribution in [3.8, 4) is 0 Å². The van der Waals surface area contributed by atoms with Gasteiger partial charge in [-0.15, -0.1) is 44.1 Å². The second kappa shape index (κ2) is 27.4. The van der Waals surface area contributed by atoms with E-state index in [-0.39, 0.29) is 39.0 Å². The first-order valence-electron chi connectivity index (χ1n) is 32.2. The molecule has 0 spiro atoms. The smallest absolute Gasteiger partial charge is 0.657 e. The fourth-order valence-corrected chi connectivity index (χ4v) is 14.9. The van der Waals surface area contributed by atoms with Gasteiger partial charge in [-0.25, -0.2) is 19.9 Å². The van der Waals surface area contributed by atoms with E-state index in [0.717, 1.165) is 192 Å². The van der Waals surface area contributed by atoms with Gasteiger partial charge in [-0.2, -0.15) is 0 Å². The van der Waals surface area contributed by atoms with Gasteiger partial charge in [0, 0.05) is 0 Å². The number of allylic oxidation sites excluding steroid dienone is 8. The summed E-state index contributed by atoms with van der Waals surface area (Å²) in [5.74, 6) is 0. The van der Waals surface area contributed by atoms with E-state index in [1.807, 2.05) is 0 Å². The third kappa shape index (κ3) is 10.9. The summed E-state index contributed by atoms with van der Waals surface area (Å²) in [6, 6.07) is 13.8. The molecule has 6 aromatic heterocycles. The van der Waals surface area contributed by atoms with Crippen LogP contribution in [0.5, 0.6) is 0 Å². The monoisotopic (exact) mass is 1220 g/mol. The van der Waals surface area contributed by atoms with Gasteiger partial charge in [0.15, 0.2) is 0 Å². The molecule has 0 aromatic carbocycles. The zero-order valence-corrected chi connectivity index (χ0v) is 60.1. The number of aromatic nitrogens is 8. The molecule has 0 saturated heterocycles. The maximum Gasteiger partial charge on any atom is 2.00 e. The molecule has 10 heterocycles. The topological polar surface area (TPSA) is 108 Å². The number of hydrogen-bond donors (Lipinski definition) is 0. The molecule has 0 aliphatic carbocycles. The molecule has 0 saturated carbocycles. The van der Waals surface area contributed by atoms with Crippen LogP contribution in [0.2, 0.25) is 0 Å². The Morgan fingerprint density at radius 2 is 0.381 bits per heavy atom. The molecule has 430 valence electrons. The largest absolute Gasteiger partial charge is 2.00 e. The van der Waals surface area contributed by atoms with Crippen molar-refractivity contribution in [3.63, 3.8) is 0 Å². The Labute approximate surface area is 527 Å². The zero-order chi connectivity index (χ0) is 58.3. The van der Waals surface area contributed by atoms with Crippen molar-refractivity contribution >= 4 is 88.7 Å². The van der Waals surface area contributed by atoms with Crippen LogP contribution in [0.25, 0.3) is 88.7 Å². The van der Waals surface area contributed by atoms with E-state index in [1.54, 1.807) is 0 Å².